The first-order chi connectivity index (χ1) is 12.2. The van der Waals surface area contributed by atoms with E-state index in [4.69, 9.17) is 4.74 Å². The van der Waals surface area contributed by atoms with E-state index in [1.165, 1.54) is 22.8 Å². The van der Waals surface area contributed by atoms with Crippen LogP contribution in [0.4, 0.5) is 0 Å². The van der Waals surface area contributed by atoms with Gasteiger partial charge in [-0.2, -0.15) is 0 Å². The second kappa shape index (κ2) is 7.45. The maximum Gasteiger partial charge on any atom is 0.0728 e. The van der Waals surface area contributed by atoms with E-state index in [1.807, 2.05) is 0 Å². The lowest BCUT2D eigenvalue weighted by atomic mass is 9.72. The molecule has 0 radical (unpaired) electrons. The van der Waals surface area contributed by atoms with Gasteiger partial charge in [0.2, 0.25) is 0 Å². The first-order valence-corrected chi connectivity index (χ1v) is 9.76. The van der Waals surface area contributed by atoms with Crippen molar-refractivity contribution >= 4 is 10.8 Å². The second-order valence-electron chi connectivity index (χ2n) is 7.74. The summed E-state index contributed by atoms with van der Waals surface area (Å²) < 4.78 is 5.51. The topological polar surface area (TPSA) is 32.7 Å². The molecule has 2 aromatic rings. The monoisotopic (exact) mass is 339 g/mol. The SMILES string of the molecule is OC1(C(CN2CCOCC2)c2ccc3ccccc3c2)CCCCC1. The van der Waals surface area contributed by atoms with Gasteiger partial charge in [0, 0.05) is 25.6 Å². The van der Waals surface area contributed by atoms with Crippen LogP contribution in [0.3, 0.4) is 0 Å². The van der Waals surface area contributed by atoms with Gasteiger partial charge in [0.05, 0.1) is 18.8 Å². The summed E-state index contributed by atoms with van der Waals surface area (Å²) in [5.74, 6) is 0.176. The third-order valence-electron chi connectivity index (χ3n) is 6.09. The summed E-state index contributed by atoms with van der Waals surface area (Å²) in [5, 5.41) is 14.1. The van der Waals surface area contributed by atoms with E-state index >= 15 is 0 Å². The molecule has 1 heterocycles. The highest BCUT2D eigenvalue weighted by atomic mass is 16.5. The molecule has 0 spiro atoms. The fraction of sp³-hybridized carbons (Fsp3) is 0.545. The Morgan fingerprint density at radius 2 is 1.68 bits per heavy atom. The van der Waals surface area contributed by atoms with Gasteiger partial charge in [0.25, 0.3) is 0 Å². The van der Waals surface area contributed by atoms with Gasteiger partial charge in [0.15, 0.2) is 0 Å². The van der Waals surface area contributed by atoms with Crippen molar-refractivity contribution in [3.8, 4) is 0 Å². The van der Waals surface area contributed by atoms with Crippen LogP contribution in [0.15, 0.2) is 42.5 Å². The zero-order chi connectivity index (χ0) is 17.1. The number of aliphatic hydroxyl groups is 1. The Bertz CT molecular complexity index is 702. The lowest BCUT2D eigenvalue weighted by Crippen LogP contribution is -2.47. The Morgan fingerprint density at radius 3 is 2.44 bits per heavy atom. The lowest BCUT2D eigenvalue weighted by Gasteiger charge is -2.42. The molecule has 2 aromatic carbocycles. The van der Waals surface area contributed by atoms with Crippen molar-refractivity contribution in [1.82, 2.24) is 4.90 Å². The summed E-state index contributed by atoms with van der Waals surface area (Å²) in [6.45, 7) is 4.49. The number of ether oxygens (including phenoxy) is 1. The number of hydrogen-bond acceptors (Lipinski definition) is 3. The maximum atomic E-state index is 11.5. The van der Waals surface area contributed by atoms with Gasteiger partial charge in [-0.05, 0) is 29.2 Å². The number of rotatable bonds is 4. The molecular formula is C22H29NO2. The molecule has 25 heavy (non-hydrogen) atoms. The molecule has 1 unspecified atom stereocenters. The minimum absolute atomic E-state index is 0.176. The van der Waals surface area contributed by atoms with E-state index in [9.17, 15) is 5.11 Å². The van der Waals surface area contributed by atoms with Gasteiger partial charge >= 0.3 is 0 Å². The molecule has 0 amide bonds. The third kappa shape index (κ3) is 3.74. The van der Waals surface area contributed by atoms with Crippen LogP contribution in [0.1, 0.15) is 43.6 Å². The Morgan fingerprint density at radius 1 is 0.960 bits per heavy atom. The number of hydrogen-bond donors (Lipinski definition) is 1. The molecule has 2 fully saturated rings. The van der Waals surface area contributed by atoms with Crippen LogP contribution in [0.5, 0.6) is 0 Å². The molecule has 1 aliphatic carbocycles. The van der Waals surface area contributed by atoms with Crippen molar-refractivity contribution in [3.05, 3.63) is 48.0 Å². The molecule has 1 saturated carbocycles. The number of morpholine rings is 1. The fourth-order valence-electron chi connectivity index (χ4n) is 4.56. The number of benzene rings is 2. The van der Waals surface area contributed by atoms with Gasteiger partial charge in [-0.1, -0.05) is 61.7 Å². The highest BCUT2D eigenvalue weighted by Crippen LogP contribution is 2.41. The molecule has 0 bridgehead atoms. The highest BCUT2D eigenvalue weighted by Gasteiger charge is 2.39. The van der Waals surface area contributed by atoms with Crippen LogP contribution in [0, 0.1) is 0 Å². The van der Waals surface area contributed by atoms with Crippen molar-refractivity contribution < 1.29 is 9.84 Å². The molecule has 1 N–H and O–H groups in total. The van der Waals surface area contributed by atoms with Crippen LogP contribution in [0.2, 0.25) is 0 Å². The van der Waals surface area contributed by atoms with E-state index in [-0.39, 0.29) is 5.92 Å². The van der Waals surface area contributed by atoms with E-state index in [1.54, 1.807) is 0 Å². The number of fused-ring (bicyclic) bond motifs is 1. The van der Waals surface area contributed by atoms with E-state index in [2.05, 4.69) is 47.4 Å². The van der Waals surface area contributed by atoms with E-state index in [0.29, 0.717) is 0 Å². The van der Waals surface area contributed by atoms with Crippen LogP contribution in [-0.4, -0.2) is 48.5 Å². The normalized spacial score (nSPS) is 22.8. The molecule has 2 aliphatic rings. The molecule has 3 nitrogen and oxygen atoms in total. The Kier molecular flexibility index (Phi) is 5.07. The van der Waals surface area contributed by atoms with Gasteiger partial charge in [-0.25, -0.2) is 0 Å². The zero-order valence-corrected chi connectivity index (χ0v) is 15.0. The van der Waals surface area contributed by atoms with Crippen LogP contribution >= 0.6 is 0 Å². The van der Waals surface area contributed by atoms with E-state index < -0.39 is 5.60 Å². The summed E-state index contributed by atoms with van der Waals surface area (Å²) in [7, 11) is 0. The molecular weight excluding hydrogens is 310 g/mol. The summed E-state index contributed by atoms with van der Waals surface area (Å²) in [6.07, 6.45) is 5.39. The van der Waals surface area contributed by atoms with Crippen LogP contribution in [0.25, 0.3) is 10.8 Å². The Balaban J connectivity index is 1.67. The Labute approximate surface area is 150 Å². The molecule has 1 saturated heterocycles. The molecule has 1 aliphatic heterocycles. The molecule has 1 atom stereocenters. The lowest BCUT2D eigenvalue weighted by molar-refractivity contribution is -0.0413. The average Bonchev–Trinajstić information content (AvgIpc) is 2.67. The predicted molar refractivity (Wildman–Crippen MR) is 102 cm³/mol. The standard InChI is InChI=1S/C22H29NO2/c24-22(10-4-1-5-11-22)21(17-23-12-14-25-15-13-23)20-9-8-18-6-2-3-7-19(18)16-20/h2-3,6-9,16,21,24H,1,4-5,10-15,17H2. The first kappa shape index (κ1) is 17.0. The largest absolute Gasteiger partial charge is 0.389 e. The van der Waals surface area contributed by atoms with Crippen LogP contribution < -0.4 is 0 Å². The Hall–Kier alpha value is -1.42. The van der Waals surface area contributed by atoms with Gasteiger partial charge in [-0.3, -0.25) is 4.90 Å². The maximum absolute atomic E-state index is 11.5. The fourth-order valence-corrected chi connectivity index (χ4v) is 4.56. The molecule has 3 heteroatoms. The van der Waals surface area contributed by atoms with Crippen molar-refractivity contribution in [2.24, 2.45) is 0 Å². The first-order valence-electron chi connectivity index (χ1n) is 9.76. The third-order valence-corrected chi connectivity index (χ3v) is 6.09. The molecule has 0 aromatic heterocycles. The molecule has 134 valence electrons. The number of nitrogens with zero attached hydrogens (tertiary/aromatic N) is 1. The van der Waals surface area contributed by atoms with Gasteiger partial charge in [-0.15, -0.1) is 0 Å². The minimum atomic E-state index is -0.570. The minimum Gasteiger partial charge on any atom is -0.389 e. The van der Waals surface area contributed by atoms with Gasteiger partial charge in [0.1, 0.15) is 0 Å². The van der Waals surface area contributed by atoms with Crippen molar-refractivity contribution in [2.45, 2.75) is 43.6 Å². The zero-order valence-electron chi connectivity index (χ0n) is 15.0. The van der Waals surface area contributed by atoms with Gasteiger partial charge < -0.3 is 9.84 Å². The quantitative estimate of drug-likeness (QED) is 0.915. The smallest absolute Gasteiger partial charge is 0.0728 e. The van der Waals surface area contributed by atoms with Crippen LogP contribution in [-0.2, 0) is 4.74 Å². The van der Waals surface area contributed by atoms with E-state index in [0.717, 1.165) is 58.5 Å². The summed E-state index contributed by atoms with van der Waals surface area (Å²) >= 11 is 0. The summed E-state index contributed by atoms with van der Waals surface area (Å²) in [5.41, 5.74) is 0.716. The molecule has 4 rings (SSSR count). The van der Waals surface area contributed by atoms with Crippen molar-refractivity contribution in [2.75, 3.05) is 32.8 Å². The average molecular weight is 339 g/mol. The van der Waals surface area contributed by atoms with Crippen molar-refractivity contribution in [1.29, 1.82) is 0 Å². The highest BCUT2D eigenvalue weighted by molar-refractivity contribution is 5.83. The second-order valence-corrected chi connectivity index (χ2v) is 7.74. The summed E-state index contributed by atoms with van der Waals surface area (Å²) in [6, 6.07) is 15.3. The predicted octanol–water partition coefficient (Wildman–Crippen LogP) is 3.95. The van der Waals surface area contributed by atoms with Crippen molar-refractivity contribution in [3.63, 3.8) is 0 Å². The summed E-state index contributed by atoms with van der Waals surface area (Å²) in [4.78, 5) is 2.47.